The Morgan fingerprint density at radius 1 is 0.250 bits per heavy atom. The van der Waals surface area contributed by atoms with E-state index in [-0.39, 0.29) is 0 Å². The predicted molar refractivity (Wildman–Crippen MR) is 56.0 cm³/mol. The Morgan fingerprint density at radius 2 is 0.417 bits per heavy atom. The number of rotatable bonds is 9. The van der Waals surface area contributed by atoms with E-state index in [9.17, 15) is 96.6 Å². The van der Waals surface area contributed by atoms with E-state index < -0.39 is 61.2 Å². The average Bonchev–Trinajstić information content (AvgIpc) is 2.46. The molecular formula is C10F22O4. The van der Waals surface area contributed by atoms with Crippen LogP contribution >= 0.6 is 0 Å². The van der Waals surface area contributed by atoms with Crippen LogP contribution in [0.15, 0.2) is 0 Å². The van der Waals surface area contributed by atoms with Crippen LogP contribution in [0, 0.1) is 0 Å². The smallest absolute Gasteiger partial charge is 0.263 e. The van der Waals surface area contributed by atoms with E-state index in [4.69, 9.17) is 0 Å². The van der Waals surface area contributed by atoms with Gasteiger partial charge in [-0.15, -0.1) is 26.3 Å². The fourth-order valence-electron chi connectivity index (χ4n) is 1.49. The molecule has 0 bridgehead atoms. The van der Waals surface area contributed by atoms with Crippen LogP contribution in [0.1, 0.15) is 0 Å². The standard InChI is InChI=1S/C10F22O4/c11-1(3(13,14)15,33-5(19,20)7(23,24)35-9(27,28)29)2(12,4(16,17)18)34-6(21,22)8(25,26)36-10(30,31)32/t1-,2-/m1/s1. The molecule has 0 radical (unpaired) electrons. The molecule has 0 unspecified atom stereocenters. The molecule has 0 aromatic heterocycles. The summed E-state index contributed by atoms with van der Waals surface area (Å²) < 4.78 is 283. The second-order valence-corrected chi connectivity index (χ2v) is 5.55. The summed E-state index contributed by atoms with van der Waals surface area (Å²) in [5.74, 6) is -17.4. The van der Waals surface area contributed by atoms with Gasteiger partial charge < -0.3 is 0 Å². The lowest BCUT2D eigenvalue weighted by molar-refractivity contribution is -0.592. The summed E-state index contributed by atoms with van der Waals surface area (Å²) in [6.07, 6.45) is -62.8. The molecule has 4 nitrogen and oxygen atoms in total. The van der Waals surface area contributed by atoms with Crippen LogP contribution < -0.4 is 0 Å². The van der Waals surface area contributed by atoms with Gasteiger partial charge in [0.05, 0.1) is 0 Å². The minimum Gasteiger partial charge on any atom is -0.263 e. The highest BCUT2D eigenvalue weighted by molar-refractivity contribution is 5.01. The van der Waals surface area contributed by atoms with Crippen LogP contribution in [0.3, 0.4) is 0 Å². The fraction of sp³-hybridized carbons (Fsp3) is 1.00. The molecule has 0 aromatic rings. The summed E-state index contributed by atoms with van der Waals surface area (Å²) in [4.78, 5) is 0. The molecule has 2 atom stereocenters. The lowest BCUT2D eigenvalue weighted by Crippen LogP contribution is -2.72. The summed E-state index contributed by atoms with van der Waals surface area (Å²) in [6.45, 7) is 0. The molecule has 0 aliphatic heterocycles. The minimum absolute atomic E-state index is 1.09. The molecule has 0 saturated heterocycles. The molecule has 0 rings (SSSR count). The van der Waals surface area contributed by atoms with E-state index >= 15 is 0 Å². The summed E-state index contributed by atoms with van der Waals surface area (Å²) in [5.41, 5.74) is 0. The van der Waals surface area contributed by atoms with Crippen LogP contribution in [0.25, 0.3) is 0 Å². The van der Waals surface area contributed by atoms with Gasteiger partial charge in [0.2, 0.25) is 0 Å². The highest BCUT2D eigenvalue weighted by atomic mass is 19.4. The Balaban J connectivity index is 7.02. The van der Waals surface area contributed by atoms with E-state index in [0.717, 1.165) is 18.9 Å². The SMILES string of the molecule is FC(F)(F)OC(F)(F)C(F)(F)O[C@@](F)(C(F)(F)F)[C@@](F)(OC(F)(F)C(F)(F)OC(F)(F)F)C(F)(F)F. The maximum atomic E-state index is 14.0. The van der Waals surface area contributed by atoms with Gasteiger partial charge in [0, 0.05) is 0 Å². The zero-order valence-electron chi connectivity index (χ0n) is 14.9. The Hall–Kier alpha value is -1.70. The number of ether oxygens (including phenoxy) is 4. The van der Waals surface area contributed by atoms with Crippen molar-refractivity contribution in [3.8, 4) is 0 Å². The molecule has 36 heavy (non-hydrogen) atoms. The average molecular weight is 602 g/mol. The quantitative estimate of drug-likeness (QED) is 0.269. The van der Waals surface area contributed by atoms with Gasteiger partial charge >= 0.3 is 61.2 Å². The van der Waals surface area contributed by atoms with Gasteiger partial charge in [0.25, 0.3) is 0 Å². The highest BCUT2D eigenvalue weighted by Crippen LogP contribution is 2.59. The van der Waals surface area contributed by atoms with Crippen molar-refractivity contribution in [2.24, 2.45) is 0 Å². The summed E-state index contributed by atoms with van der Waals surface area (Å²) in [5, 5.41) is 0. The van der Waals surface area contributed by atoms with Crippen molar-refractivity contribution >= 4 is 0 Å². The number of hydrogen-bond donors (Lipinski definition) is 0. The molecule has 0 saturated carbocycles. The second-order valence-electron chi connectivity index (χ2n) is 5.55. The first-order valence-corrected chi connectivity index (χ1v) is 7.04. The van der Waals surface area contributed by atoms with E-state index in [0.29, 0.717) is 0 Å². The molecule has 0 aliphatic carbocycles. The number of hydrogen-bond acceptors (Lipinski definition) is 4. The first-order chi connectivity index (χ1) is 15.1. The van der Waals surface area contributed by atoms with Crippen molar-refractivity contribution in [3.63, 3.8) is 0 Å². The summed E-state index contributed by atoms with van der Waals surface area (Å²) in [6, 6.07) is 0. The molecule has 0 N–H and O–H groups in total. The first-order valence-electron chi connectivity index (χ1n) is 7.04. The number of halogens is 22. The van der Waals surface area contributed by atoms with Crippen molar-refractivity contribution in [1.82, 2.24) is 0 Å². The molecule has 26 heteroatoms. The molecule has 0 heterocycles. The van der Waals surface area contributed by atoms with Gasteiger partial charge in [-0.2, -0.15) is 70.2 Å². The molecule has 0 spiro atoms. The van der Waals surface area contributed by atoms with E-state index in [2.05, 4.69) is 0 Å². The maximum absolute atomic E-state index is 14.0. The van der Waals surface area contributed by atoms with Crippen molar-refractivity contribution in [3.05, 3.63) is 0 Å². The summed E-state index contributed by atoms with van der Waals surface area (Å²) >= 11 is 0. The van der Waals surface area contributed by atoms with Crippen LogP contribution in [0.5, 0.6) is 0 Å². The van der Waals surface area contributed by atoms with E-state index in [1.54, 1.807) is 0 Å². The Bertz CT molecular complexity index is 697. The lowest BCUT2D eigenvalue weighted by atomic mass is 10.1. The molecule has 0 aromatic carbocycles. The predicted octanol–water partition coefficient (Wildman–Crippen LogP) is 6.92. The minimum atomic E-state index is -8.70. The van der Waals surface area contributed by atoms with Crippen LogP contribution in [-0.4, -0.2) is 61.2 Å². The third-order valence-corrected chi connectivity index (χ3v) is 2.85. The fourth-order valence-corrected chi connectivity index (χ4v) is 1.49. The first kappa shape index (κ1) is 34.3. The van der Waals surface area contributed by atoms with Crippen molar-refractivity contribution in [1.29, 1.82) is 0 Å². The Kier molecular flexibility index (Phi) is 8.53. The third-order valence-electron chi connectivity index (χ3n) is 2.85. The molecule has 0 fully saturated rings. The van der Waals surface area contributed by atoms with Gasteiger partial charge in [0.1, 0.15) is 0 Å². The zero-order valence-corrected chi connectivity index (χ0v) is 14.9. The third kappa shape index (κ3) is 6.99. The van der Waals surface area contributed by atoms with Gasteiger partial charge in [0.15, 0.2) is 0 Å². The topological polar surface area (TPSA) is 36.9 Å². The van der Waals surface area contributed by atoms with Crippen LogP contribution in [-0.2, 0) is 18.9 Å². The van der Waals surface area contributed by atoms with Gasteiger partial charge in [-0.1, -0.05) is 0 Å². The normalized spacial score (nSPS) is 19.2. The van der Waals surface area contributed by atoms with Gasteiger partial charge in [-0.3, -0.25) is 9.47 Å². The largest absolute Gasteiger partial charge is 0.527 e. The summed E-state index contributed by atoms with van der Waals surface area (Å²) in [7, 11) is 0. The molecule has 0 amide bonds. The van der Waals surface area contributed by atoms with Crippen LogP contribution in [0.4, 0.5) is 96.6 Å². The van der Waals surface area contributed by atoms with Crippen molar-refractivity contribution in [2.75, 3.05) is 0 Å². The number of alkyl halides is 22. The Labute approximate surface area is 178 Å². The van der Waals surface area contributed by atoms with Gasteiger partial charge in [-0.25, -0.2) is 9.47 Å². The Morgan fingerprint density at radius 3 is 0.556 bits per heavy atom. The molecule has 0 aliphatic rings. The van der Waals surface area contributed by atoms with E-state index in [1.807, 2.05) is 0 Å². The molecular weight excluding hydrogens is 602 g/mol. The highest BCUT2D eigenvalue weighted by Gasteiger charge is 2.89. The second kappa shape index (κ2) is 8.95. The maximum Gasteiger partial charge on any atom is 0.527 e. The zero-order chi connectivity index (χ0) is 29.8. The van der Waals surface area contributed by atoms with Crippen molar-refractivity contribution < 1.29 is 116 Å². The lowest BCUT2D eigenvalue weighted by Gasteiger charge is -2.43. The van der Waals surface area contributed by atoms with Gasteiger partial charge in [-0.05, 0) is 0 Å². The van der Waals surface area contributed by atoms with Crippen LogP contribution in [0.2, 0.25) is 0 Å². The van der Waals surface area contributed by atoms with Crippen molar-refractivity contribution in [2.45, 2.75) is 61.2 Å². The molecule has 218 valence electrons. The van der Waals surface area contributed by atoms with E-state index in [1.165, 1.54) is 0 Å². The monoisotopic (exact) mass is 602 g/mol.